The van der Waals surface area contributed by atoms with Crippen LogP contribution in [0.25, 0.3) is 21.1 Å². The molecule has 5 rings (SSSR count). The van der Waals surface area contributed by atoms with Crippen molar-refractivity contribution in [3.63, 3.8) is 0 Å². The number of hydrogen-bond donors (Lipinski definition) is 2. The second-order valence-corrected chi connectivity index (χ2v) is 9.61. The van der Waals surface area contributed by atoms with Crippen LogP contribution in [0.1, 0.15) is 42.3 Å². The smallest absolute Gasteiger partial charge is 0.287 e. The highest BCUT2D eigenvalue weighted by Gasteiger charge is 2.25. The minimum Gasteiger partial charge on any atom is -0.493 e. The Labute approximate surface area is 187 Å². The number of hydrogen-bond acceptors (Lipinski definition) is 6. The summed E-state index contributed by atoms with van der Waals surface area (Å²) in [6.07, 6.45) is 4.29. The monoisotopic (exact) mass is 449 g/mol. The van der Waals surface area contributed by atoms with E-state index in [0.29, 0.717) is 16.7 Å². The molecule has 32 heavy (non-hydrogen) atoms. The Balaban J connectivity index is 1.48. The molecule has 0 bridgehead atoms. The third-order valence-electron chi connectivity index (χ3n) is 6.26. The van der Waals surface area contributed by atoms with Crippen molar-refractivity contribution in [2.24, 2.45) is 16.1 Å². The number of H-pyrrole nitrogens is 1. The van der Waals surface area contributed by atoms with Crippen LogP contribution in [0, 0.1) is 12.8 Å². The number of benzene rings is 1. The van der Waals surface area contributed by atoms with Crippen molar-refractivity contribution in [3.05, 3.63) is 50.9 Å². The fourth-order valence-electron chi connectivity index (χ4n) is 4.36. The molecule has 0 unspecified atom stereocenters. The molecule has 1 aliphatic carbocycles. The van der Waals surface area contributed by atoms with Gasteiger partial charge < -0.3 is 10.1 Å². The Morgan fingerprint density at radius 3 is 3.03 bits per heavy atom. The quantitative estimate of drug-likeness (QED) is 0.431. The molecule has 0 spiro atoms. The number of nitrogens with one attached hydrogen (secondary N) is 1. The Kier molecular flexibility index (Phi) is 4.93. The van der Waals surface area contributed by atoms with E-state index < -0.39 is 11.9 Å². The molecule has 0 saturated heterocycles. The molecule has 1 aliphatic rings. The summed E-state index contributed by atoms with van der Waals surface area (Å²) in [5.74, 6) is -0.145. The van der Waals surface area contributed by atoms with Gasteiger partial charge in [-0.3, -0.25) is 14.2 Å². The molecule has 9 heteroatoms. The number of carbonyl (C=O) groups excluding carboxylic acids is 1. The number of azo groups is 1. The van der Waals surface area contributed by atoms with Crippen molar-refractivity contribution in [1.29, 1.82) is 0 Å². The van der Waals surface area contributed by atoms with E-state index >= 15 is 0 Å². The van der Waals surface area contributed by atoms with E-state index in [4.69, 9.17) is 0 Å². The molecule has 0 radical (unpaired) electrons. The fraction of sp³-hybridized carbons (Fsp3) is 0.348. The number of para-hydroxylation sites is 1. The van der Waals surface area contributed by atoms with Crippen molar-refractivity contribution in [2.75, 3.05) is 0 Å². The number of amides is 1. The maximum Gasteiger partial charge on any atom is 0.287 e. The zero-order chi connectivity index (χ0) is 22.6. The Hall–Kier alpha value is -3.33. The number of fused-ring (bicyclic) bond motifs is 4. The van der Waals surface area contributed by atoms with Crippen LogP contribution in [0.2, 0.25) is 0 Å². The molecule has 164 valence electrons. The van der Waals surface area contributed by atoms with Crippen LogP contribution in [-0.2, 0) is 17.6 Å². The zero-order valence-corrected chi connectivity index (χ0v) is 18.9. The maximum atomic E-state index is 13.2. The molecule has 2 N–H and O–H groups in total. The van der Waals surface area contributed by atoms with Crippen molar-refractivity contribution >= 4 is 44.1 Å². The molecule has 3 aromatic heterocycles. The van der Waals surface area contributed by atoms with Crippen LogP contribution in [0.15, 0.2) is 39.5 Å². The second-order valence-electron chi connectivity index (χ2n) is 8.52. The predicted molar refractivity (Wildman–Crippen MR) is 124 cm³/mol. The SMILES string of the molecule is Cc1cccc2c(N=NC(=O)[C@H](C)n3cnc4sc5c(c4c3=O)CC[C@@H](C)C5)c(O)[nH]c12. The number of aryl methyl sites for hydroxylation is 2. The summed E-state index contributed by atoms with van der Waals surface area (Å²) in [6.45, 7) is 5.74. The van der Waals surface area contributed by atoms with E-state index in [1.54, 1.807) is 24.3 Å². The van der Waals surface area contributed by atoms with Crippen LogP contribution < -0.4 is 5.56 Å². The maximum absolute atomic E-state index is 13.2. The Morgan fingerprint density at radius 2 is 2.22 bits per heavy atom. The average Bonchev–Trinajstić information content (AvgIpc) is 3.29. The molecular weight excluding hydrogens is 426 g/mol. The lowest BCUT2D eigenvalue weighted by Crippen LogP contribution is -2.28. The molecule has 3 heterocycles. The predicted octanol–water partition coefficient (Wildman–Crippen LogP) is 4.95. The first-order chi connectivity index (χ1) is 15.3. The molecule has 1 amide bonds. The number of aromatic hydroxyl groups is 1. The fourth-order valence-corrected chi connectivity index (χ4v) is 5.70. The first kappa shape index (κ1) is 20.6. The number of rotatable bonds is 3. The van der Waals surface area contributed by atoms with E-state index in [9.17, 15) is 14.7 Å². The third kappa shape index (κ3) is 3.24. The van der Waals surface area contributed by atoms with Gasteiger partial charge in [-0.2, -0.15) is 0 Å². The van der Waals surface area contributed by atoms with Gasteiger partial charge in [0.25, 0.3) is 11.5 Å². The van der Waals surface area contributed by atoms with Gasteiger partial charge in [0.1, 0.15) is 10.9 Å². The summed E-state index contributed by atoms with van der Waals surface area (Å²) < 4.78 is 1.33. The summed E-state index contributed by atoms with van der Waals surface area (Å²) in [7, 11) is 0. The van der Waals surface area contributed by atoms with Gasteiger partial charge in [0.15, 0.2) is 5.69 Å². The molecule has 1 aromatic carbocycles. The molecular formula is C23H23N5O3S. The number of thiophene rings is 1. The van der Waals surface area contributed by atoms with Gasteiger partial charge in [-0.25, -0.2) is 4.98 Å². The normalized spacial score (nSPS) is 17.3. The summed E-state index contributed by atoms with van der Waals surface area (Å²) >= 11 is 1.58. The minimum absolute atomic E-state index is 0.155. The van der Waals surface area contributed by atoms with E-state index in [0.717, 1.165) is 40.7 Å². The van der Waals surface area contributed by atoms with E-state index in [-0.39, 0.29) is 17.1 Å². The molecule has 0 saturated carbocycles. The highest BCUT2D eigenvalue weighted by molar-refractivity contribution is 7.18. The van der Waals surface area contributed by atoms with Crippen molar-refractivity contribution < 1.29 is 9.90 Å². The summed E-state index contributed by atoms with van der Waals surface area (Å²) in [6, 6.07) is 4.68. The van der Waals surface area contributed by atoms with E-state index in [1.165, 1.54) is 15.8 Å². The van der Waals surface area contributed by atoms with Gasteiger partial charge in [-0.05, 0) is 50.2 Å². The molecule has 0 fully saturated rings. The lowest BCUT2D eigenvalue weighted by molar-refractivity contribution is -0.121. The topological polar surface area (TPSA) is 113 Å². The first-order valence-electron chi connectivity index (χ1n) is 10.6. The first-order valence-corrected chi connectivity index (χ1v) is 11.4. The van der Waals surface area contributed by atoms with Crippen molar-refractivity contribution in [2.45, 2.75) is 46.1 Å². The lowest BCUT2D eigenvalue weighted by Gasteiger charge is -2.17. The Morgan fingerprint density at radius 1 is 1.41 bits per heavy atom. The van der Waals surface area contributed by atoms with Crippen molar-refractivity contribution in [1.82, 2.24) is 14.5 Å². The summed E-state index contributed by atoms with van der Waals surface area (Å²) in [5.41, 5.74) is 2.74. The largest absolute Gasteiger partial charge is 0.493 e. The van der Waals surface area contributed by atoms with Crippen molar-refractivity contribution in [3.8, 4) is 5.88 Å². The van der Waals surface area contributed by atoms with Gasteiger partial charge in [0.05, 0.1) is 17.2 Å². The second kappa shape index (κ2) is 7.67. The van der Waals surface area contributed by atoms with Gasteiger partial charge >= 0.3 is 0 Å². The molecule has 4 aromatic rings. The highest BCUT2D eigenvalue weighted by Crippen LogP contribution is 2.37. The third-order valence-corrected chi connectivity index (χ3v) is 7.42. The Bertz CT molecular complexity index is 1460. The van der Waals surface area contributed by atoms with Crippen LogP contribution in [0.5, 0.6) is 5.88 Å². The van der Waals surface area contributed by atoms with Gasteiger partial charge in [0, 0.05) is 10.3 Å². The highest BCUT2D eigenvalue weighted by atomic mass is 32.1. The lowest BCUT2D eigenvalue weighted by atomic mass is 9.89. The van der Waals surface area contributed by atoms with Crippen LogP contribution in [-0.4, -0.2) is 25.5 Å². The number of nitrogens with zero attached hydrogens (tertiary/aromatic N) is 4. The summed E-state index contributed by atoms with van der Waals surface area (Å²) in [4.78, 5) is 35.3. The van der Waals surface area contributed by atoms with E-state index in [2.05, 4.69) is 27.1 Å². The summed E-state index contributed by atoms with van der Waals surface area (Å²) in [5, 5.41) is 19.3. The van der Waals surface area contributed by atoms with Gasteiger partial charge in [-0.15, -0.1) is 21.6 Å². The molecule has 0 aliphatic heterocycles. The number of aromatic nitrogens is 3. The number of carbonyl (C=O) groups is 1. The van der Waals surface area contributed by atoms with Crippen LogP contribution >= 0.6 is 11.3 Å². The van der Waals surface area contributed by atoms with Crippen LogP contribution in [0.3, 0.4) is 0 Å². The average molecular weight is 450 g/mol. The number of aromatic amines is 1. The minimum atomic E-state index is -0.865. The van der Waals surface area contributed by atoms with Gasteiger partial charge in [0.2, 0.25) is 5.88 Å². The molecule has 8 nitrogen and oxygen atoms in total. The van der Waals surface area contributed by atoms with E-state index in [1.807, 2.05) is 19.1 Å². The van der Waals surface area contributed by atoms with Crippen LogP contribution in [0.4, 0.5) is 5.69 Å². The van der Waals surface area contributed by atoms with Gasteiger partial charge in [-0.1, -0.05) is 25.1 Å². The molecule has 2 atom stereocenters. The standard InChI is InChI=1S/C23H23N5O3S/c1-11-7-8-14-16(9-11)32-22-17(14)23(31)28(10-24-22)13(3)20(29)27-26-19-15-6-4-5-12(2)18(15)25-21(19)30/h4-6,10-11,13,25,30H,7-9H2,1-3H3/t11-,13+/m1/s1. The zero-order valence-electron chi connectivity index (χ0n) is 18.0.